The van der Waals surface area contributed by atoms with E-state index in [0.29, 0.717) is 29.1 Å². The number of hydrogen-bond donors (Lipinski definition) is 0. The number of Topliss-reactive ketones (excluding diaryl/α,β-unsaturated/α-hetero) is 1. The van der Waals surface area contributed by atoms with Crippen molar-refractivity contribution in [3.63, 3.8) is 0 Å². The molecule has 4 fully saturated rings. The molecule has 1 saturated heterocycles. The first-order valence-corrected chi connectivity index (χ1v) is 15.0. The predicted octanol–water partition coefficient (Wildman–Crippen LogP) is 6.90. The number of ether oxygens (including phenoxy) is 3. The standard InChI is InChI=1S/C33H44O5/c1-21(34)25-12-13-26-30-27(15-17-33(25,26)3)32(2)16-14-24(37-31(35)22-9-5-4-6-10-22)19-23(32)20-28(30)38-29-11-7-8-18-36-29/h4-6,9-10,20,24-30H,7-8,11-19H2,1-3H3/t24-,25+,26-,27-,28-,29?,30-,32-,33+/m0/s1. The zero-order valence-electron chi connectivity index (χ0n) is 23.3. The molecule has 0 spiro atoms. The van der Waals surface area contributed by atoms with Gasteiger partial charge in [0.25, 0.3) is 0 Å². The molecular weight excluding hydrogens is 476 g/mol. The summed E-state index contributed by atoms with van der Waals surface area (Å²) in [6, 6.07) is 9.32. The minimum absolute atomic E-state index is 0.00918. The molecule has 5 nitrogen and oxygen atoms in total. The van der Waals surface area contributed by atoms with E-state index in [-0.39, 0.29) is 41.2 Å². The van der Waals surface area contributed by atoms with Gasteiger partial charge in [0, 0.05) is 18.9 Å². The average Bonchev–Trinajstić information content (AvgIpc) is 3.28. The molecule has 1 heterocycles. The van der Waals surface area contributed by atoms with E-state index in [2.05, 4.69) is 19.9 Å². The normalized spacial score (nSPS) is 42.3. The molecular formula is C33H44O5. The molecule has 1 aromatic carbocycles. The van der Waals surface area contributed by atoms with Crippen LogP contribution in [0.3, 0.4) is 0 Å². The number of carbonyl (C=O) groups excluding carboxylic acids is 2. The van der Waals surface area contributed by atoms with Crippen LogP contribution in [-0.2, 0) is 19.0 Å². The molecule has 1 aliphatic heterocycles. The summed E-state index contributed by atoms with van der Waals surface area (Å²) in [5.74, 6) is 1.72. The fourth-order valence-electron chi connectivity index (χ4n) is 9.28. The van der Waals surface area contributed by atoms with Gasteiger partial charge in [0.15, 0.2) is 6.29 Å². The van der Waals surface area contributed by atoms with Gasteiger partial charge in [-0.15, -0.1) is 0 Å². The maximum absolute atomic E-state index is 12.8. The molecule has 0 amide bonds. The van der Waals surface area contributed by atoms with Gasteiger partial charge in [-0.2, -0.15) is 0 Å². The van der Waals surface area contributed by atoms with Crippen LogP contribution in [0.15, 0.2) is 42.0 Å². The lowest BCUT2D eigenvalue weighted by atomic mass is 9.46. The summed E-state index contributed by atoms with van der Waals surface area (Å²) >= 11 is 0. The van der Waals surface area contributed by atoms with Crippen LogP contribution in [0.1, 0.15) is 95.3 Å². The third-order valence-electron chi connectivity index (χ3n) is 11.3. The minimum atomic E-state index is -0.230. The number of fused-ring (bicyclic) bond motifs is 5. The highest BCUT2D eigenvalue weighted by Crippen LogP contribution is 2.66. The largest absolute Gasteiger partial charge is 0.458 e. The molecule has 6 rings (SSSR count). The molecule has 0 radical (unpaired) electrons. The Bertz CT molecular complexity index is 1070. The Balaban J connectivity index is 1.29. The van der Waals surface area contributed by atoms with E-state index in [1.807, 2.05) is 30.3 Å². The molecule has 1 unspecified atom stereocenters. The van der Waals surface area contributed by atoms with Gasteiger partial charge in [-0.3, -0.25) is 4.79 Å². The van der Waals surface area contributed by atoms with Crippen molar-refractivity contribution in [3.05, 3.63) is 47.5 Å². The molecule has 0 bridgehead atoms. The average molecular weight is 521 g/mol. The van der Waals surface area contributed by atoms with E-state index in [0.717, 1.165) is 70.8 Å². The minimum Gasteiger partial charge on any atom is -0.458 e. The smallest absolute Gasteiger partial charge is 0.338 e. The Hall–Kier alpha value is -1.98. The first kappa shape index (κ1) is 26.3. The van der Waals surface area contributed by atoms with Crippen LogP contribution in [-0.4, -0.2) is 36.9 Å². The maximum atomic E-state index is 12.8. The van der Waals surface area contributed by atoms with Crippen molar-refractivity contribution < 1.29 is 23.8 Å². The summed E-state index contributed by atoms with van der Waals surface area (Å²) in [5, 5.41) is 0. The summed E-state index contributed by atoms with van der Waals surface area (Å²) in [6.07, 6.45) is 12.4. The lowest BCUT2D eigenvalue weighted by Crippen LogP contribution is -2.56. The molecule has 5 heteroatoms. The van der Waals surface area contributed by atoms with Crippen molar-refractivity contribution in [2.45, 2.75) is 103 Å². The Morgan fingerprint density at radius 1 is 0.947 bits per heavy atom. The van der Waals surface area contributed by atoms with Crippen molar-refractivity contribution in [1.82, 2.24) is 0 Å². The van der Waals surface area contributed by atoms with E-state index in [1.165, 1.54) is 5.57 Å². The maximum Gasteiger partial charge on any atom is 0.338 e. The molecule has 0 aromatic heterocycles. The third kappa shape index (κ3) is 4.48. The van der Waals surface area contributed by atoms with Gasteiger partial charge in [-0.25, -0.2) is 4.79 Å². The molecule has 1 aromatic rings. The number of carbonyl (C=O) groups is 2. The Morgan fingerprint density at radius 3 is 2.50 bits per heavy atom. The zero-order valence-corrected chi connectivity index (χ0v) is 23.3. The van der Waals surface area contributed by atoms with Gasteiger partial charge in [0.1, 0.15) is 11.9 Å². The van der Waals surface area contributed by atoms with Gasteiger partial charge in [0.2, 0.25) is 0 Å². The number of benzene rings is 1. The topological polar surface area (TPSA) is 61.8 Å². The molecule has 9 atom stereocenters. The highest BCUT2D eigenvalue weighted by Gasteiger charge is 2.62. The highest BCUT2D eigenvalue weighted by molar-refractivity contribution is 5.89. The number of ketones is 1. The van der Waals surface area contributed by atoms with Gasteiger partial charge < -0.3 is 14.2 Å². The van der Waals surface area contributed by atoms with E-state index in [1.54, 1.807) is 6.92 Å². The van der Waals surface area contributed by atoms with Crippen LogP contribution in [0.4, 0.5) is 0 Å². The monoisotopic (exact) mass is 520 g/mol. The van der Waals surface area contributed by atoms with Gasteiger partial charge in [0.05, 0.1) is 11.7 Å². The summed E-state index contributed by atoms with van der Waals surface area (Å²) in [5.41, 5.74) is 2.17. The van der Waals surface area contributed by atoms with Crippen molar-refractivity contribution in [3.8, 4) is 0 Å². The number of rotatable bonds is 5. The quantitative estimate of drug-likeness (QED) is 0.312. The first-order valence-electron chi connectivity index (χ1n) is 15.0. The second-order valence-electron chi connectivity index (χ2n) is 13.2. The van der Waals surface area contributed by atoms with E-state index < -0.39 is 0 Å². The first-order chi connectivity index (χ1) is 18.3. The van der Waals surface area contributed by atoms with Crippen LogP contribution in [0.25, 0.3) is 0 Å². The molecule has 38 heavy (non-hydrogen) atoms. The highest BCUT2D eigenvalue weighted by atomic mass is 16.7. The Kier molecular flexibility index (Phi) is 7.05. The lowest BCUT2D eigenvalue weighted by Gasteiger charge is -2.59. The van der Waals surface area contributed by atoms with Crippen LogP contribution in [0, 0.1) is 34.5 Å². The molecule has 5 aliphatic rings. The van der Waals surface area contributed by atoms with E-state index >= 15 is 0 Å². The summed E-state index contributed by atoms with van der Waals surface area (Å²) in [4.78, 5) is 25.5. The van der Waals surface area contributed by atoms with E-state index in [9.17, 15) is 9.59 Å². The molecule has 3 saturated carbocycles. The van der Waals surface area contributed by atoms with Crippen molar-refractivity contribution >= 4 is 11.8 Å². The summed E-state index contributed by atoms with van der Waals surface area (Å²) in [6.45, 7) is 7.42. The van der Waals surface area contributed by atoms with E-state index in [4.69, 9.17) is 14.2 Å². The van der Waals surface area contributed by atoms with Gasteiger partial charge in [-0.05, 0) is 105 Å². The number of esters is 1. The fourth-order valence-corrected chi connectivity index (χ4v) is 9.28. The predicted molar refractivity (Wildman–Crippen MR) is 145 cm³/mol. The second kappa shape index (κ2) is 10.2. The van der Waals surface area contributed by atoms with Crippen LogP contribution >= 0.6 is 0 Å². The summed E-state index contributed by atoms with van der Waals surface area (Å²) < 4.78 is 18.9. The molecule has 4 aliphatic carbocycles. The fraction of sp³-hybridized carbons (Fsp3) is 0.697. The second-order valence-corrected chi connectivity index (χ2v) is 13.2. The van der Waals surface area contributed by atoms with Crippen LogP contribution < -0.4 is 0 Å². The van der Waals surface area contributed by atoms with Gasteiger partial charge >= 0.3 is 5.97 Å². The lowest BCUT2D eigenvalue weighted by molar-refractivity contribution is -0.212. The van der Waals surface area contributed by atoms with Crippen molar-refractivity contribution in [2.75, 3.05) is 6.61 Å². The molecule has 206 valence electrons. The molecule has 0 N–H and O–H groups in total. The van der Waals surface area contributed by atoms with Gasteiger partial charge in [-0.1, -0.05) is 43.7 Å². The third-order valence-corrected chi connectivity index (χ3v) is 11.3. The van der Waals surface area contributed by atoms with Crippen molar-refractivity contribution in [2.24, 2.45) is 34.5 Å². The summed E-state index contributed by atoms with van der Waals surface area (Å²) in [7, 11) is 0. The van der Waals surface area contributed by atoms with Crippen LogP contribution in [0.2, 0.25) is 0 Å². The Labute approximate surface area is 227 Å². The Morgan fingerprint density at radius 2 is 1.76 bits per heavy atom. The zero-order chi connectivity index (χ0) is 26.5. The van der Waals surface area contributed by atoms with Crippen LogP contribution in [0.5, 0.6) is 0 Å². The number of hydrogen-bond acceptors (Lipinski definition) is 5. The SMILES string of the molecule is CC(=O)[C@H]1CC[C@H]2[C@@H]3[C@@H](OC4CCCCO4)C=C4C[C@@H](OC(=O)c5ccccc5)CC[C@]4(C)[C@H]3CC[C@]12C. The van der Waals surface area contributed by atoms with Crippen molar-refractivity contribution in [1.29, 1.82) is 0 Å².